The summed E-state index contributed by atoms with van der Waals surface area (Å²) in [5.41, 5.74) is 1.93. The molecule has 0 aliphatic carbocycles. The molecule has 5 heteroatoms. The minimum Gasteiger partial charge on any atom is -0.383 e. The van der Waals surface area contributed by atoms with Crippen LogP contribution in [0.25, 0.3) is 0 Å². The SMILES string of the molecule is C=C(C)C(=O)ONC(=O)C(C)O. The van der Waals surface area contributed by atoms with E-state index in [4.69, 9.17) is 5.11 Å². The summed E-state index contributed by atoms with van der Waals surface area (Å²) in [6.07, 6.45) is -1.21. The van der Waals surface area contributed by atoms with E-state index < -0.39 is 18.0 Å². The van der Waals surface area contributed by atoms with E-state index >= 15 is 0 Å². The zero-order valence-electron chi connectivity index (χ0n) is 6.96. The van der Waals surface area contributed by atoms with Crippen LogP contribution < -0.4 is 5.48 Å². The predicted molar refractivity (Wildman–Crippen MR) is 40.7 cm³/mol. The van der Waals surface area contributed by atoms with Gasteiger partial charge in [0.25, 0.3) is 5.91 Å². The Morgan fingerprint density at radius 2 is 2.08 bits per heavy atom. The van der Waals surface area contributed by atoms with Gasteiger partial charge in [-0.05, 0) is 13.8 Å². The molecule has 68 valence electrons. The third-order valence-electron chi connectivity index (χ3n) is 0.972. The zero-order valence-corrected chi connectivity index (χ0v) is 6.96. The van der Waals surface area contributed by atoms with E-state index in [1.165, 1.54) is 13.8 Å². The third-order valence-corrected chi connectivity index (χ3v) is 0.972. The number of aliphatic hydroxyl groups is 1. The van der Waals surface area contributed by atoms with Crippen molar-refractivity contribution in [2.24, 2.45) is 0 Å². The fourth-order valence-electron chi connectivity index (χ4n) is 0.269. The van der Waals surface area contributed by atoms with E-state index in [1.807, 2.05) is 0 Å². The van der Waals surface area contributed by atoms with Crippen molar-refractivity contribution in [3.63, 3.8) is 0 Å². The summed E-state index contributed by atoms with van der Waals surface area (Å²) in [7, 11) is 0. The highest BCUT2D eigenvalue weighted by molar-refractivity contribution is 5.88. The van der Waals surface area contributed by atoms with Gasteiger partial charge in [0.2, 0.25) is 0 Å². The molecule has 1 amide bonds. The molecule has 0 spiro atoms. The average molecular weight is 173 g/mol. The van der Waals surface area contributed by atoms with Crippen LogP contribution in [-0.2, 0) is 14.4 Å². The molecule has 0 saturated heterocycles. The number of hydrogen-bond acceptors (Lipinski definition) is 4. The fraction of sp³-hybridized carbons (Fsp3) is 0.429. The van der Waals surface area contributed by atoms with Crippen LogP contribution in [0.15, 0.2) is 12.2 Å². The minimum atomic E-state index is -1.21. The molecule has 0 aromatic heterocycles. The lowest BCUT2D eigenvalue weighted by atomic mass is 10.4. The molecule has 0 aromatic rings. The molecule has 0 fully saturated rings. The lowest BCUT2D eigenvalue weighted by Crippen LogP contribution is -2.34. The summed E-state index contributed by atoms with van der Waals surface area (Å²) in [6.45, 7) is 5.98. The Bertz CT molecular complexity index is 209. The van der Waals surface area contributed by atoms with Crippen LogP contribution >= 0.6 is 0 Å². The van der Waals surface area contributed by atoms with E-state index in [1.54, 1.807) is 5.48 Å². The number of hydrogen-bond donors (Lipinski definition) is 2. The van der Waals surface area contributed by atoms with E-state index in [0.717, 1.165) is 0 Å². The van der Waals surface area contributed by atoms with E-state index in [9.17, 15) is 9.59 Å². The molecule has 0 aromatic carbocycles. The first-order valence-corrected chi connectivity index (χ1v) is 3.29. The molecule has 1 unspecified atom stereocenters. The quantitative estimate of drug-likeness (QED) is 0.436. The van der Waals surface area contributed by atoms with Gasteiger partial charge in [-0.3, -0.25) is 4.79 Å². The normalized spacial score (nSPS) is 11.6. The number of nitrogens with one attached hydrogen (secondary N) is 1. The average Bonchev–Trinajstić information content (AvgIpc) is 1.98. The van der Waals surface area contributed by atoms with Crippen LogP contribution in [0.1, 0.15) is 13.8 Å². The van der Waals surface area contributed by atoms with Gasteiger partial charge in [0.1, 0.15) is 6.10 Å². The molecule has 0 radical (unpaired) electrons. The van der Waals surface area contributed by atoms with Crippen LogP contribution in [0.2, 0.25) is 0 Å². The van der Waals surface area contributed by atoms with Crippen molar-refractivity contribution in [1.29, 1.82) is 0 Å². The molecule has 1 atom stereocenters. The molecule has 0 rings (SSSR count). The van der Waals surface area contributed by atoms with Crippen molar-refractivity contribution in [3.8, 4) is 0 Å². The topological polar surface area (TPSA) is 75.6 Å². The molecule has 2 N–H and O–H groups in total. The Labute approximate surface area is 70.0 Å². The second kappa shape index (κ2) is 4.50. The highest BCUT2D eigenvalue weighted by Crippen LogP contribution is 1.89. The smallest absolute Gasteiger partial charge is 0.358 e. The monoisotopic (exact) mass is 173 g/mol. The maximum atomic E-state index is 10.7. The van der Waals surface area contributed by atoms with Crippen molar-refractivity contribution >= 4 is 11.9 Å². The first-order valence-electron chi connectivity index (χ1n) is 3.29. The molecule has 0 heterocycles. The lowest BCUT2D eigenvalue weighted by molar-refractivity contribution is -0.157. The summed E-state index contributed by atoms with van der Waals surface area (Å²) < 4.78 is 0. The molecule has 0 saturated carbocycles. The molecule has 12 heavy (non-hydrogen) atoms. The van der Waals surface area contributed by atoms with Crippen molar-refractivity contribution in [2.45, 2.75) is 20.0 Å². The zero-order chi connectivity index (χ0) is 9.72. The molecular weight excluding hydrogens is 162 g/mol. The molecule has 0 aliphatic heterocycles. The Morgan fingerprint density at radius 3 is 2.42 bits per heavy atom. The van der Waals surface area contributed by atoms with Crippen molar-refractivity contribution in [1.82, 2.24) is 5.48 Å². The Kier molecular flexibility index (Phi) is 3.99. The van der Waals surface area contributed by atoms with E-state index in [2.05, 4.69) is 11.4 Å². The van der Waals surface area contributed by atoms with Gasteiger partial charge in [0.05, 0.1) is 0 Å². The van der Waals surface area contributed by atoms with Gasteiger partial charge < -0.3 is 9.94 Å². The first kappa shape index (κ1) is 10.6. The molecule has 0 bridgehead atoms. The van der Waals surface area contributed by atoms with Crippen LogP contribution in [-0.4, -0.2) is 23.1 Å². The number of hydroxylamine groups is 1. The fourth-order valence-corrected chi connectivity index (χ4v) is 0.269. The van der Waals surface area contributed by atoms with E-state index in [-0.39, 0.29) is 5.57 Å². The van der Waals surface area contributed by atoms with Gasteiger partial charge in [-0.1, -0.05) is 6.58 Å². The van der Waals surface area contributed by atoms with E-state index in [0.29, 0.717) is 0 Å². The van der Waals surface area contributed by atoms with Crippen molar-refractivity contribution in [3.05, 3.63) is 12.2 Å². The maximum absolute atomic E-state index is 10.7. The van der Waals surface area contributed by atoms with Crippen LogP contribution in [0.5, 0.6) is 0 Å². The number of aliphatic hydroxyl groups excluding tert-OH is 1. The number of rotatable bonds is 2. The second-order valence-electron chi connectivity index (χ2n) is 2.31. The van der Waals surface area contributed by atoms with Crippen LogP contribution in [0.4, 0.5) is 0 Å². The van der Waals surface area contributed by atoms with Gasteiger partial charge >= 0.3 is 5.97 Å². The number of carbonyl (C=O) groups is 2. The summed E-state index contributed by atoms with van der Waals surface area (Å²) in [5, 5.41) is 8.65. The Balaban J connectivity index is 3.77. The van der Waals surface area contributed by atoms with Gasteiger partial charge in [-0.2, -0.15) is 5.48 Å². The highest BCUT2D eigenvalue weighted by Gasteiger charge is 2.11. The second-order valence-corrected chi connectivity index (χ2v) is 2.31. The molecule has 0 aliphatic rings. The Morgan fingerprint density at radius 1 is 1.58 bits per heavy atom. The third kappa shape index (κ3) is 3.72. The van der Waals surface area contributed by atoms with Crippen LogP contribution in [0.3, 0.4) is 0 Å². The highest BCUT2D eigenvalue weighted by atomic mass is 16.7. The lowest BCUT2D eigenvalue weighted by Gasteiger charge is -2.05. The van der Waals surface area contributed by atoms with Gasteiger partial charge in [-0.25, -0.2) is 4.79 Å². The van der Waals surface area contributed by atoms with Gasteiger partial charge in [0, 0.05) is 5.57 Å². The maximum Gasteiger partial charge on any atom is 0.358 e. The number of amides is 1. The van der Waals surface area contributed by atoms with Crippen LogP contribution in [0, 0.1) is 0 Å². The van der Waals surface area contributed by atoms with Crippen molar-refractivity contribution < 1.29 is 19.5 Å². The number of carbonyl (C=O) groups excluding carboxylic acids is 2. The summed E-state index contributed by atoms with van der Waals surface area (Å²) in [6, 6.07) is 0. The summed E-state index contributed by atoms with van der Waals surface area (Å²) in [4.78, 5) is 25.5. The summed E-state index contributed by atoms with van der Waals surface area (Å²) >= 11 is 0. The minimum absolute atomic E-state index is 0.167. The van der Waals surface area contributed by atoms with Crippen molar-refractivity contribution in [2.75, 3.05) is 0 Å². The molecule has 5 nitrogen and oxygen atoms in total. The molecular formula is C7H11NO4. The van der Waals surface area contributed by atoms with Gasteiger partial charge in [-0.15, -0.1) is 0 Å². The standard InChI is InChI=1S/C7H11NO4/c1-4(2)7(11)12-8-6(10)5(3)9/h5,9H,1H2,2-3H3,(H,8,10). The predicted octanol–water partition coefficient (Wildman–Crippen LogP) is -0.482. The first-order chi connectivity index (χ1) is 5.45. The largest absolute Gasteiger partial charge is 0.383 e. The van der Waals surface area contributed by atoms with Gasteiger partial charge in [0.15, 0.2) is 0 Å². The Hall–Kier alpha value is -1.36. The summed E-state index contributed by atoms with van der Waals surface area (Å²) in [5.74, 6) is -1.51.